The van der Waals surface area contributed by atoms with Crippen LogP contribution < -0.4 is 4.74 Å². The van der Waals surface area contributed by atoms with Gasteiger partial charge in [0.25, 0.3) is 5.91 Å². The van der Waals surface area contributed by atoms with Crippen molar-refractivity contribution in [1.29, 1.82) is 0 Å². The fraction of sp³-hybridized carbons (Fsp3) is 0.692. The Labute approximate surface area is 193 Å². The molecule has 33 heavy (non-hydrogen) atoms. The Morgan fingerprint density at radius 2 is 1.79 bits per heavy atom. The highest BCUT2D eigenvalue weighted by Crippen LogP contribution is 2.60. The summed E-state index contributed by atoms with van der Waals surface area (Å²) < 4.78 is 26.9. The lowest BCUT2D eigenvalue weighted by molar-refractivity contribution is -0.142. The van der Waals surface area contributed by atoms with Gasteiger partial charge in [0.15, 0.2) is 6.04 Å². The molecular weight excluding hydrogens is 425 g/mol. The molecule has 0 unspecified atom stereocenters. The molecule has 6 aliphatic rings. The number of amides is 1. The van der Waals surface area contributed by atoms with E-state index in [1.54, 1.807) is 13.0 Å². The number of carbonyl (C=O) groups is 2. The van der Waals surface area contributed by atoms with Crippen LogP contribution in [0, 0.1) is 29.0 Å². The highest BCUT2D eigenvalue weighted by Gasteiger charge is 2.51. The summed E-state index contributed by atoms with van der Waals surface area (Å²) in [6, 6.07) is 1.84. The standard InChI is InChI=1S/C26H32FNO5/c1-14-23(25(30)31)28(13-33-14)24(29)20-7-19(18-2-3-18)22(8-21(20)27)32-12-26-9-15-4-16(10-26)6-17(5-15)11-26/h7-8,14-18,23H,2-6,9-13H2,1H3,(H,30,31)/t14-,15?,16?,17?,23-,26?/m0/s1. The fourth-order valence-corrected chi connectivity index (χ4v) is 7.57. The van der Waals surface area contributed by atoms with Gasteiger partial charge in [-0.2, -0.15) is 0 Å². The van der Waals surface area contributed by atoms with E-state index in [9.17, 15) is 14.7 Å². The normalized spacial score (nSPS) is 36.9. The Balaban J connectivity index is 1.24. The predicted octanol–water partition coefficient (Wildman–Crippen LogP) is 4.57. The van der Waals surface area contributed by atoms with Gasteiger partial charge < -0.3 is 14.6 Å². The van der Waals surface area contributed by atoms with E-state index in [1.165, 1.54) is 44.6 Å². The Morgan fingerprint density at radius 1 is 1.15 bits per heavy atom. The van der Waals surface area contributed by atoms with Crippen molar-refractivity contribution in [2.75, 3.05) is 13.3 Å². The molecule has 6 fully saturated rings. The molecule has 1 aromatic carbocycles. The van der Waals surface area contributed by atoms with Gasteiger partial charge in [0.2, 0.25) is 0 Å². The lowest BCUT2D eigenvalue weighted by Crippen LogP contribution is -2.48. The summed E-state index contributed by atoms with van der Waals surface area (Å²) in [7, 11) is 0. The maximum Gasteiger partial charge on any atom is 0.329 e. The van der Waals surface area contributed by atoms with Crippen molar-refractivity contribution in [2.45, 2.75) is 76.4 Å². The number of hydrogen-bond donors (Lipinski definition) is 1. The molecule has 1 amide bonds. The molecule has 0 spiro atoms. The molecule has 5 saturated carbocycles. The largest absolute Gasteiger partial charge is 0.493 e. The second-order valence-corrected chi connectivity index (χ2v) is 11.4. The summed E-state index contributed by atoms with van der Waals surface area (Å²) in [5.41, 5.74) is 1.01. The summed E-state index contributed by atoms with van der Waals surface area (Å²) >= 11 is 0. The fourth-order valence-electron chi connectivity index (χ4n) is 7.57. The Morgan fingerprint density at radius 3 is 2.36 bits per heavy atom. The van der Waals surface area contributed by atoms with Crippen LogP contribution in [-0.4, -0.2) is 47.4 Å². The highest BCUT2D eigenvalue weighted by molar-refractivity contribution is 5.97. The SMILES string of the molecule is C[C@@H]1OCN(C(=O)c2cc(C3CC3)c(OCC34CC5CC(CC(C5)C3)C4)cc2F)[C@@H]1C(=O)O. The van der Waals surface area contributed by atoms with Gasteiger partial charge in [-0.1, -0.05) is 0 Å². The zero-order chi connectivity index (χ0) is 22.9. The molecule has 1 heterocycles. The summed E-state index contributed by atoms with van der Waals surface area (Å²) in [4.78, 5) is 25.9. The van der Waals surface area contributed by atoms with Gasteiger partial charge in [-0.25, -0.2) is 9.18 Å². The molecular formula is C26H32FNO5. The molecule has 2 atom stereocenters. The zero-order valence-corrected chi connectivity index (χ0v) is 19.1. The smallest absolute Gasteiger partial charge is 0.329 e. The maximum atomic E-state index is 15.2. The van der Waals surface area contributed by atoms with Crippen LogP contribution in [0.15, 0.2) is 12.1 Å². The zero-order valence-electron chi connectivity index (χ0n) is 19.1. The summed E-state index contributed by atoms with van der Waals surface area (Å²) in [5.74, 6) is 0.861. The van der Waals surface area contributed by atoms with Gasteiger partial charge in [-0.05, 0) is 93.6 Å². The van der Waals surface area contributed by atoms with Crippen LogP contribution in [-0.2, 0) is 9.53 Å². The van der Waals surface area contributed by atoms with Crippen LogP contribution in [0.4, 0.5) is 4.39 Å². The number of carbonyl (C=O) groups excluding carboxylic acids is 1. The van der Waals surface area contributed by atoms with Crippen molar-refractivity contribution >= 4 is 11.9 Å². The monoisotopic (exact) mass is 457 g/mol. The molecule has 1 N–H and O–H groups in total. The first-order valence-electron chi connectivity index (χ1n) is 12.4. The average Bonchev–Trinajstić information content (AvgIpc) is 3.51. The molecule has 0 aromatic heterocycles. The third kappa shape index (κ3) is 3.72. The van der Waals surface area contributed by atoms with Crippen LogP contribution in [0.5, 0.6) is 5.75 Å². The van der Waals surface area contributed by atoms with Crippen molar-refractivity contribution in [3.63, 3.8) is 0 Å². The van der Waals surface area contributed by atoms with Gasteiger partial charge in [-0.3, -0.25) is 9.69 Å². The van der Waals surface area contributed by atoms with E-state index in [-0.39, 0.29) is 23.6 Å². The molecule has 0 radical (unpaired) electrons. The molecule has 1 aromatic rings. The third-order valence-electron chi connectivity index (χ3n) is 8.82. The number of rotatable bonds is 6. The van der Waals surface area contributed by atoms with Gasteiger partial charge in [-0.15, -0.1) is 0 Å². The lowest BCUT2D eigenvalue weighted by atomic mass is 9.50. The topological polar surface area (TPSA) is 76.1 Å². The Bertz CT molecular complexity index is 954. The molecule has 6 nitrogen and oxygen atoms in total. The third-order valence-corrected chi connectivity index (χ3v) is 8.82. The minimum absolute atomic E-state index is 0.0944. The van der Waals surface area contributed by atoms with Crippen molar-refractivity contribution < 1.29 is 28.6 Å². The quantitative estimate of drug-likeness (QED) is 0.677. The predicted molar refractivity (Wildman–Crippen MR) is 117 cm³/mol. The first-order valence-corrected chi connectivity index (χ1v) is 12.4. The van der Waals surface area contributed by atoms with Crippen molar-refractivity contribution in [3.8, 4) is 5.75 Å². The summed E-state index contributed by atoms with van der Waals surface area (Å²) in [6.07, 6.45) is 9.13. The van der Waals surface area contributed by atoms with Gasteiger partial charge in [0, 0.05) is 11.5 Å². The van der Waals surface area contributed by atoms with E-state index in [0.29, 0.717) is 12.4 Å². The van der Waals surface area contributed by atoms with Crippen LogP contribution >= 0.6 is 0 Å². The van der Waals surface area contributed by atoms with Crippen molar-refractivity contribution in [1.82, 2.24) is 4.90 Å². The molecule has 178 valence electrons. The first-order chi connectivity index (χ1) is 15.8. The van der Waals surface area contributed by atoms with Crippen LogP contribution in [0.2, 0.25) is 0 Å². The van der Waals surface area contributed by atoms with E-state index in [1.807, 2.05) is 0 Å². The van der Waals surface area contributed by atoms with Crippen molar-refractivity contribution in [3.05, 3.63) is 29.1 Å². The van der Waals surface area contributed by atoms with E-state index in [4.69, 9.17) is 9.47 Å². The number of carboxylic acid groups (broad SMARTS) is 1. The number of aliphatic carboxylic acids is 1. The molecule has 7 rings (SSSR count). The number of halogens is 1. The summed E-state index contributed by atoms with van der Waals surface area (Å²) in [5, 5.41) is 9.51. The number of carboxylic acids is 1. The average molecular weight is 458 g/mol. The van der Waals surface area contributed by atoms with Crippen LogP contribution in [0.1, 0.15) is 80.1 Å². The number of nitrogens with zero attached hydrogens (tertiary/aromatic N) is 1. The number of hydrogen-bond acceptors (Lipinski definition) is 4. The highest BCUT2D eigenvalue weighted by atomic mass is 19.1. The van der Waals surface area contributed by atoms with Gasteiger partial charge >= 0.3 is 5.97 Å². The Kier molecular flexibility index (Phi) is 4.98. The molecule has 7 heteroatoms. The number of ether oxygens (including phenoxy) is 2. The number of benzene rings is 1. The minimum atomic E-state index is -1.15. The van der Waals surface area contributed by atoms with E-state index < -0.39 is 29.8 Å². The van der Waals surface area contributed by atoms with E-state index in [2.05, 4.69) is 0 Å². The van der Waals surface area contributed by atoms with E-state index in [0.717, 1.165) is 41.1 Å². The minimum Gasteiger partial charge on any atom is -0.493 e. The molecule has 5 aliphatic carbocycles. The van der Waals surface area contributed by atoms with Crippen molar-refractivity contribution in [2.24, 2.45) is 23.2 Å². The molecule has 1 aliphatic heterocycles. The van der Waals surface area contributed by atoms with Gasteiger partial charge in [0.1, 0.15) is 18.3 Å². The van der Waals surface area contributed by atoms with Gasteiger partial charge in [0.05, 0.1) is 18.3 Å². The lowest BCUT2D eigenvalue weighted by Gasteiger charge is -2.56. The molecule has 1 saturated heterocycles. The second kappa shape index (κ2) is 7.69. The second-order valence-electron chi connectivity index (χ2n) is 11.4. The maximum absolute atomic E-state index is 15.2. The summed E-state index contributed by atoms with van der Waals surface area (Å²) in [6.45, 7) is 2.08. The Hall–Kier alpha value is -2.15. The van der Waals surface area contributed by atoms with E-state index >= 15 is 4.39 Å². The first kappa shape index (κ1) is 21.4. The van der Waals surface area contributed by atoms with Crippen LogP contribution in [0.25, 0.3) is 0 Å². The molecule has 4 bridgehead atoms. The van der Waals surface area contributed by atoms with Crippen LogP contribution in [0.3, 0.4) is 0 Å².